The number of ether oxygens (including phenoxy) is 1. The van der Waals surface area contributed by atoms with Crippen LogP contribution in [-0.2, 0) is 11.2 Å². The van der Waals surface area contributed by atoms with Gasteiger partial charge in [0.15, 0.2) is 11.7 Å². The highest BCUT2D eigenvalue weighted by Gasteiger charge is 2.03. The van der Waals surface area contributed by atoms with Crippen molar-refractivity contribution in [3.05, 3.63) is 42.0 Å². The van der Waals surface area contributed by atoms with Gasteiger partial charge in [-0.15, -0.1) is 0 Å². The third kappa shape index (κ3) is 7.31. The predicted octanol–water partition coefficient (Wildman–Crippen LogP) is 1.70. The molecule has 1 amide bonds. The summed E-state index contributed by atoms with van der Waals surface area (Å²) < 4.78 is 5.37. The van der Waals surface area contributed by atoms with E-state index in [1.54, 1.807) is 0 Å². The second kappa shape index (κ2) is 8.97. The van der Waals surface area contributed by atoms with Gasteiger partial charge in [-0.1, -0.05) is 31.2 Å². The molecule has 0 unspecified atom stereocenters. The third-order valence-electron chi connectivity index (χ3n) is 2.57. The van der Waals surface area contributed by atoms with E-state index in [1.807, 2.05) is 31.2 Å². The summed E-state index contributed by atoms with van der Waals surface area (Å²) in [5.41, 5.74) is 7.22. The maximum atomic E-state index is 11.6. The SMILES string of the molecule is C=C(C)CNC(=S)NNC(=O)COc1ccc(CC)cc1. The zero-order valence-electron chi connectivity index (χ0n) is 12.4. The molecule has 0 saturated carbocycles. The summed E-state index contributed by atoms with van der Waals surface area (Å²) in [5.74, 6) is 0.347. The average molecular weight is 307 g/mol. The Hall–Kier alpha value is -2.08. The number of aryl methyl sites for hydroxylation is 1. The average Bonchev–Trinajstić information content (AvgIpc) is 2.49. The summed E-state index contributed by atoms with van der Waals surface area (Å²) in [6, 6.07) is 7.64. The Balaban J connectivity index is 2.24. The Kier molecular flexibility index (Phi) is 7.25. The molecule has 0 aliphatic rings. The second-order valence-corrected chi connectivity index (χ2v) is 5.01. The van der Waals surface area contributed by atoms with Crippen LogP contribution in [-0.4, -0.2) is 24.2 Å². The van der Waals surface area contributed by atoms with Gasteiger partial charge in [0, 0.05) is 6.54 Å². The molecule has 0 aromatic heterocycles. The Labute approximate surface area is 130 Å². The van der Waals surface area contributed by atoms with Crippen molar-refractivity contribution in [2.45, 2.75) is 20.3 Å². The van der Waals surface area contributed by atoms with Crippen molar-refractivity contribution >= 4 is 23.2 Å². The van der Waals surface area contributed by atoms with Gasteiger partial charge < -0.3 is 10.1 Å². The minimum atomic E-state index is -0.311. The number of hydrogen-bond acceptors (Lipinski definition) is 3. The number of hydrogen-bond donors (Lipinski definition) is 3. The van der Waals surface area contributed by atoms with E-state index in [9.17, 15) is 4.79 Å². The molecule has 1 rings (SSSR count). The van der Waals surface area contributed by atoms with Crippen LogP contribution in [0.3, 0.4) is 0 Å². The van der Waals surface area contributed by atoms with E-state index in [0.717, 1.165) is 12.0 Å². The number of nitrogens with one attached hydrogen (secondary N) is 3. The lowest BCUT2D eigenvalue weighted by Gasteiger charge is -2.12. The molecular weight excluding hydrogens is 286 g/mol. The van der Waals surface area contributed by atoms with Crippen molar-refractivity contribution in [1.29, 1.82) is 0 Å². The molecule has 0 atom stereocenters. The van der Waals surface area contributed by atoms with E-state index in [1.165, 1.54) is 5.56 Å². The molecule has 0 aliphatic carbocycles. The molecule has 0 saturated heterocycles. The lowest BCUT2D eigenvalue weighted by molar-refractivity contribution is -0.123. The Morgan fingerprint density at radius 3 is 2.52 bits per heavy atom. The molecular formula is C15H21N3O2S. The quantitative estimate of drug-likeness (QED) is 0.424. The number of hydrazine groups is 1. The van der Waals surface area contributed by atoms with Gasteiger partial charge in [-0.25, -0.2) is 0 Å². The molecule has 0 bridgehead atoms. The predicted molar refractivity (Wildman–Crippen MR) is 88.0 cm³/mol. The summed E-state index contributed by atoms with van der Waals surface area (Å²) in [4.78, 5) is 11.6. The highest BCUT2D eigenvalue weighted by atomic mass is 32.1. The molecule has 114 valence electrons. The van der Waals surface area contributed by atoms with E-state index in [4.69, 9.17) is 17.0 Å². The van der Waals surface area contributed by atoms with Crippen molar-refractivity contribution in [3.63, 3.8) is 0 Å². The fourth-order valence-corrected chi connectivity index (χ4v) is 1.53. The van der Waals surface area contributed by atoms with Gasteiger partial charge in [-0.3, -0.25) is 15.6 Å². The van der Waals surface area contributed by atoms with Crippen LogP contribution in [0, 0.1) is 0 Å². The molecule has 0 spiro atoms. The molecule has 3 N–H and O–H groups in total. The lowest BCUT2D eigenvalue weighted by Crippen LogP contribution is -2.48. The van der Waals surface area contributed by atoms with Crippen LogP contribution in [0.2, 0.25) is 0 Å². The second-order valence-electron chi connectivity index (χ2n) is 4.60. The van der Waals surface area contributed by atoms with Gasteiger partial charge in [0.2, 0.25) is 0 Å². The zero-order chi connectivity index (χ0) is 15.7. The molecule has 21 heavy (non-hydrogen) atoms. The van der Waals surface area contributed by atoms with Crippen LogP contribution < -0.4 is 20.9 Å². The van der Waals surface area contributed by atoms with Crippen LogP contribution in [0.1, 0.15) is 19.4 Å². The molecule has 5 nitrogen and oxygen atoms in total. The first-order valence-corrected chi connectivity index (χ1v) is 7.11. The number of benzene rings is 1. The molecule has 0 aliphatic heterocycles. The Bertz CT molecular complexity index is 500. The number of amides is 1. The molecule has 0 fully saturated rings. The van der Waals surface area contributed by atoms with Crippen LogP contribution in [0.25, 0.3) is 0 Å². The van der Waals surface area contributed by atoms with E-state index in [-0.39, 0.29) is 12.5 Å². The smallest absolute Gasteiger partial charge is 0.276 e. The van der Waals surface area contributed by atoms with E-state index < -0.39 is 0 Å². The molecule has 0 heterocycles. The van der Waals surface area contributed by atoms with E-state index >= 15 is 0 Å². The summed E-state index contributed by atoms with van der Waals surface area (Å²) in [7, 11) is 0. The molecule has 1 aromatic rings. The fourth-order valence-electron chi connectivity index (χ4n) is 1.41. The number of rotatable bonds is 6. The van der Waals surface area contributed by atoms with Gasteiger partial charge in [-0.2, -0.15) is 0 Å². The largest absolute Gasteiger partial charge is 0.484 e. The van der Waals surface area contributed by atoms with Crippen LogP contribution in [0.5, 0.6) is 5.75 Å². The van der Waals surface area contributed by atoms with Crippen LogP contribution in [0.4, 0.5) is 0 Å². The first-order valence-electron chi connectivity index (χ1n) is 6.70. The fraction of sp³-hybridized carbons (Fsp3) is 0.333. The topological polar surface area (TPSA) is 62.4 Å². The summed E-state index contributed by atoms with van der Waals surface area (Å²) in [6.07, 6.45) is 0.972. The summed E-state index contributed by atoms with van der Waals surface area (Å²) in [6.45, 7) is 8.18. The van der Waals surface area contributed by atoms with E-state index in [0.29, 0.717) is 17.4 Å². The molecule has 6 heteroatoms. The molecule has 1 aromatic carbocycles. The highest BCUT2D eigenvalue weighted by Crippen LogP contribution is 2.12. The van der Waals surface area contributed by atoms with Crippen molar-refractivity contribution in [2.75, 3.05) is 13.2 Å². The highest BCUT2D eigenvalue weighted by molar-refractivity contribution is 7.80. The Morgan fingerprint density at radius 2 is 1.95 bits per heavy atom. The lowest BCUT2D eigenvalue weighted by atomic mass is 10.2. The van der Waals surface area contributed by atoms with Crippen molar-refractivity contribution < 1.29 is 9.53 Å². The first-order chi connectivity index (χ1) is 10.0. The maximum absolute atomic E-state index is 11.6. The maximum Gasteiger partial charge on any atom is 0.276 e. The van der Waals surface area contributed by atoms with Gasteiger partial charge in [-0.05, 0) is 43.3 Å². The normalized spacial score (nSPS) is 9.62. The first kappa shape index (κ1) is 17.0. The molecule has 0 radical (unpaired) electrons. The standard InChI is InChI=1S/C15H21N3O2S/c1-4-12-5-7-13(8-6-12)20-10-14(19)17-18-15(21)16-9-11(2)3/h5-8H,2,4,9-10H2,1,3H3,(H,17,19)(H2,16,18,21). The van der Waals surface area contributed by atoms with Crippen LogP contribution >= 0.6 is 12.2 Å². The van der Waals surface area contributed by atoms with E-state index in [2.05, 4.69) is 29.7 Å². The number of carbonyl (C=O) groups excluding carboxylic acids is 1. The summed E-state index contributed by atoms with van der Waals surface area (Å²) in [5, 5.41) is 3.22. The van der Waals surface area contributed by atoms with Gasteiger partial charge in [0.1, 0.15) is 5.75 Å². The number of thiocarbonyl (C=S) groups is 1. The third-order valence-corrected chi connectivity index (χ3v) is 2.81. The number of carbonyl (C=O) groups is 1. The monoisotopic (exact) mass is 307 g/mol. The summed E-state index contributed by atoms with van der Waals surface area (Å²) >= 11 is 4.98. The Morgan fingerprint density at radius 1 is 1.29 bits per heavy atom. The van der Waals surface area contributed by atoms with Crippen LogP contribution in [0.15, 0.2) is 36.4 Å². The van der Waals surface area contributed by atoms with Crippen molar-refractivity contribution in [3.8, 4) is 5.75 Å². The van der Waals surface area contributed by atoms with Crippen molar-refractivity contribution in [1.82, 2.24) is 16.2 Å². The van der Waals surface area contributed by atoms with Gasteiger partial charge in [0.05, 0.1) is 0 Å². The minimum absolute atomic E-state index is 0.0818. The van der Waals surface area contributed by atoms with Gasteiger partial charge in [0.25, 0.3) is 5.91 Å². The van der Waals surface area contributed by atoms with Gasteiger partial charge >= 0.3 is 0 Å². The minimum Gasteiger partial charge on any atom is -0.484 e. The zero-order valence-corrected chi connectivity index (χ0v) is 13.2. The van der Waals surface area contributed by atoms with Crippen molar-refractivity contribution in [2.24, 2.45) is 0 Å².